The van der Waals surface area contributed by atoms with Crippen molar-refractivity contribution in [2.75, 3.05) is 6.54 Å². The van der Waals surface area contributed by atoms with Gasteiger partial charge in [-0.1, -0.05) is 0 Å². The van der Waals surface area contributed by atoms with Gasteiger partial charge in [-0.25, -0.2) is 9.13 Å². The molecule has 0 heterocycles. The van der Waals surface area contributed by atoms with Crippen LogP contribution in [0.25, 0.3) is 0 Å². The highest BCUT2D eigenvalue weighted by molar-refractivity contribution is 7.60. The maximum Gasteiger partial charge on any atom is 0.478 e. The number of carboxylic acid groups (broad SMARTS) is 1. The summed E-state index contributed by atoms with van der Waals surface area (Å²) >= 11 is 0. The van der Waals surface area contributed by atoms with Crippen LogP contribution in [0.1, 0.15) is 19.8 Å². The number of aliphatic carboxylic acids is 1. The number of aliphatic hydroxyl groups is 4. The van der Waals surface area contributed by atoms with E-state index in [2.05, 4.69) is 4.31 Å². The topological polar surface area (TPSA) is 312 Å². The van der Waals surface area contributed by atoms with E-state index in [1.54, 1.807) is 0 Å². The average Bonchev–Trinajstić information content (AvgIpc) is 2.55. The molecule has 0 aliphatic carbocycles. The maximum atomic E-state index is 10.0. The van der Waals surface area contributed by atoms with Gasteiger partial charge >= 0.3 is 21.6 Å². The van der Waals surface area contributed by atoms with Crippen molar-refractivity contribution in [1.82, 2.24) is 0 Å². The summed E-state index contributed by atoms with van der Waals surface area (Å²) < 4.78 is 22.2. The summed E-state index contributed by atoms with van der Waals surface area (Å²) in [7, 11) is -10.1. The van der Waals surface area contributed by atoms with Gasteiger partial charge in [0.25, 0.3) is 0 Å². The molecule has 0 radical (unpaired) electrons. The van der Waals surface area contributed by atoms with E-state index >= 15 is 0 Å². The molecule has 0 rings (SSSR count). The van der Waals surface area contributed by atoms with E-state index in [4.69, 9.17) is 56.6 Å². The molecule has 16 nitrogen and oxygen atoms in total. The summed E-state index contributed by atoms with van der Waals surface area (Å²) in [5, 5.41) is 43.3. The van der Waals surface area contributed by atoms with Crippen LogP contribution in [-0.2, 0) is 23.0 Å². The van der Waals surface area contributed by atoms with Crippen LogP contribution in [0.2, 0.25) is 0 Å². The molecule has 13 N–H and O–H groups in total. The first-order chi connectivity index (χ1) is 12.9. The molecule has 0 aromatic heterocycles. The number of aliphatic hydroxyl groups excluding tert-OH is 4. The largest absolute Gasteiger partial charge is 0.480 e. The van der Waals surface area contributed by atoms with Gasteiger partial charge in [0.05, 0.1) is 6.10 Å². The monoisotopic (exact) mass is 474 g/mol. The van der Waals surface area contributed by atoms with Crippen molar-refractivity contribution >= 4 is 27.9 Å². The molecular formula is C11H28N2O14P2. The third-order valence-corrected chi connectivity index (χ3v) is 4.28. The highest BCUT2D eigenvalue weighted by Crippen LogP contribution is 2.53. The highest BCUT2D eigenvalue weighted by atomic mass is 31.3. The zero-order valence-electron chi connectivity index (χ0n) is 15.2. The lowest BCUT2D eigenvalue weighted by Gasteiger charge is -2.21. The van der Waals surface area contributed by atoms with Crippen molar-refractivity contribution in [3.8, 4) is 0 Å². The molecule has 0 aliphatic rings. The number of hydrogen-bond donors (Lipinski definition) is 11. The minimum Gasteiger partial charge on any atom is -0.480 e. The second kappa shape index (κ2) is 15.9. The Hall–Kier alpha value is -0.840. The van der Waals surface area contributed by atoms with Crippen LogP contribution >= 0.6 is 15.6 Å². The lowest BCUT2D eigenvalue weighted by molar-refractivity contribution is -0.138. The predicted molar refractivity (Wildman–Crippen MR) is 94.8 cm³/mol. The van der Waals surface area contributed by atoms with E-state index in [9.17, 15) is 18.7 Å². The number of aldehydes is 1. The van der Waals surface area contributed by atoms with Crippen LogP contribution in [0.4, 0.5) is 0 Å². The quantitative estimate of drug-likeness (QED) is 0.106. The average molecular weight is 474 g/mol. The number of carbonyl (C=O) groups is 2. The van der Waals surface area contributed by atoms with Crippen molar-refractivity contribution < 1.29 is 68.1 Å². The minimum absolute atomic E-state index is 0.0935. The molecule has 0 saturated heterocycles. The van der Waals surface area contributed by atoms with E-state index in [1.807, 2.05) is 0 Å². The summed E-state index contributed by atoms with van der Waals surface area (Å²) in [6, 6.07) is -0.742. The predicted octanol–water partition coefficient (Wildman–Crippen LogP) is -4.03. The van der Waals surface area contributed by atoms with E-state index in [0.717, 1.165) is 0 Å². The molecule has 0 spiro atoms. The molecule has 0 amide bonds. The van der Waals surface area contributed by atoms with Crippen molar-refractivity contribution in [1.29, 1.82) is 0 Å². The zero-order chi connectivity index (χ0) is 24.0. The van der Waals surface area contributed by atoms with Crippen molar-refractivity contribution in [2.24, 2.45) is 11.5 Å². The lowest BCUT2D eigenvalue weighted by Crippen LogP contribution is -2.43. The first-order valence-corrected chi connectivity index (χ1v) is 10.6. The van der Waals surface area contributed by atoms with Gasteiger partial charge in [-0.3, -0.25) is 4.79 Å². The van der Waals surface area contributed by atoms with Crippen LogP contribution < -0.4 is 11.5 Å². The van der Waals surface area contributed by atoms with Gasteiger partial charge < -0.3 is 61.4 Å². The van der Waals surface area contributed by atoms with Crippen LogP contribution in [0, 0.1) is 0 Å². The molecule has 5 atom stereocenters. The molecule has 0 saturated carbocycles. The van der Waals surface area contributed by atoms with Crippen molar-refractivity contribution in [3.63, 3.8) is 0 Å². The van der Waals surface area contributed by atoms with Gasteiger partial charge in [0, 0.05) is 0 Å². The third-order valence-electron chi connectivity index (χ3n) is 2.58. The number of nitrogens with two attached hydrogens (primary N) is 2. The minimum atomic E-state index is -5.05. The smallest absolute Gasteiger partial charge is 0.478 e. The second-order valence-corrected chi connectivity index (χ2v) is 7.90. The normalized spacial score (nSPS) is 16.7. The summed E-state index contributed by atoms with van der Waals surface area (Å²) in [6.07, 6.45) is -4.74. The zero-order valence-corrected chi connectivity index (χ0v) is 17.0. The van der Waals surface area contributed by atoms with Gasteiger partial charge in [0.15, 0.2) is 6.29 Å². The summed E-state index contributed by atoms with van der Waals surface area (Å²) in [5.74, 6) is -0.955. The van der Waals surface area contributed by atoms with Gasteiger partial charge in [-0.05, 0) is 26.3 Å². The van der Waals surface area contributed by atoms with E-state index in [0.29, 0.717) is 19.4 Å². The lowest BCUT2D eigenvalue weighted by atomic mass is 10.1. The standard InChI is InChI=1S/C6H12O5.C5H12N2O2.H4O7P2/c1-3(8)5(10)6(11)4(9)2-7;6-3-1-2-4(7)5(8)9;1-8(2,3)7-9(4,5)6/h2-6,8-11H,1H3;4H,1-3,6-7H2,(H,8,9);(H2,1,2,3)(H2,4,5,6). The molecule has 5 unspecified atom stereocenters. The van der Waals surface area contributed by atoms with Crippen LogP contribution in [0.15, 0.2) is 0 Å². The van der Waals surface area contributed by atoms with E-state index < -0.39 is 52.1 Å². The van der Waals surface area contributed by atoms with Crippen molar-refractivity contribution in [3.05, 3.63) is 0 Å². The number of carboxylic acids is 1. The Morgan fingerprint density at radius 2 is 1.45 bits per heavy atom. The van der Waals surface area contributed by atoms with E-state index in [-0.39, 0.29) is 6.29 Å². The van der Waals surface area contributed by atoms with Crippen LogP contribution in [0.3, 0.4) is 0 Å². The van der Waals surface area contributed by atoms with E-state index in [1.165, 1.54) is 6.92 Å². The number of hydrogen-bond acceptors (Lipinski definition) is 11. The molecule has 0 fully saturated rings. The molecule has 0 aliphatic heterocycles. The second-order valence-electron chi connectivity index (χ2n) is 5.29. The van der Waals surface area contributed by atoms with Gasteiger partial charge in [0.1, 0.15) is 24.4 Å². The summed E-state index contributed by atoms with van der Waals surface area (Å²) in [6.45, 7) is 1.74. The Kier molecular flexibility index (Phi) is 18.0. The maximum absolute atomic E-state index is 10.0. The highest BCUT2D eigenvalue weighted by Gasteiger charge is 2.28. The molecular weight excluding hydrogens is 446 g/mol. The first kappa shape index (κ1) is 32.8. The molecule has 0 bridgehead atoms. The number of carbonyl (C=O) groups excluding carboxylic acids is 1. The molecule has 29 heavy (non-hydrogen) atoms. The fraction of sp³-hybridized carbons (Fsp3) is 0.818. The third kappa shape index (κ3) is 23.3. The Morgan fingerprint density at radius 3 is 1.66 bits per heavy atom. The van der Waals surface area contributed by atoms with Crippen molar-refractivity contribution in [2.45, 2.75) is 50.2 Å². The SMILES string of the molecule is CC(O)C(O)C(O)C(O)C=O.NCCCC(N)C(=O)O.O=P(O)(O)OP(=O)(O)O. The fourth-order valence-electron chi connectivity index (χ4n) is 1.17. The van der Waals surface area contributed by atoms with Gasteiger partial charge in [-0.15, -0.1) is 0 Å². The van der Waals surface area contributed by atoms with Crippen LogP contribution in [-0.4, -0.2) is 94.4 Å². The Balaban J connectivity index is -0.000000352. The molecule has 0 aromatic carbocycles. The van der Waals surface area contributed by atoms with Crippen LogP contribution in [0.5, 0.6) is 0 Å². The van der Waals surface area contributed by atoms with Gasteiger partial charge in [0.2, 0.25) is 0 Å². The molecule has 18 heteroatoms. The number of rotatable bonds is 10. The van der Waals surface area contributed by atoms with Gasteiger partial charge in [-0.2, -0.15) is 4.31 Å². The summed E-state index contributed by atoms with van der Waals surface area (Å²) in [4.78, 5) is 50.9. The Morgan fingerprint density at radius 1 is 1.03 bits per heavy atom. The number of phosphoric acid groups is 2. The fourth-order valence-corrected chi connectivity index (χ4v) is 2.28. The first-order valence-electron chi connectivity index (χ1n) is 7.58. The Labute approximate surface area is 165 Å². The molecule has 176 valence electrons. The molecule has 0 aromatic rings. The summed E-state index contributed by atoms with van der Waals surface area (Å²) in [5.41, 5.74) is 10.3. The Bertz CT molecular complexity index is 530.